The lowest BCUT2D eigenvalue weighted by Gasteiger charge is -2.41. The molecular formula is C15H19ClN4. The van der Waals surface area contributed by atoms with Crippen molar-refractivity contribution in [2.75, 3.05) is 24.5 Å². The first-order valence-corrected chi connectivity index (χ1v) is 7.32. The maximum absolute atomic E-state index is 5.95. The maximum Gasteiger partial charge on any atom is 0.0922 e. The Kier molecular flexibility index (Phi) is 3.94. The molecule has 0 bridgehead atoms. The van der Waals surface area contributed by atoms with Gasteiger partial charge in [0.25, 0.3) is 0 Å². The monoisotopic (exact) mass is 290 g/mol. The van der Waals surface area contributed by atoms with Crippen LogP contribution in [0.1, 0.15) is 12.6 Å². The molecule has 0 spiro atoms. The quantitative estimate of drug-likeness (QED) is 0.944. The van der Waals surface area contributed by atoms with Crippen LogP contribution in [0.25, 0.3) is 0 Å². The molecule has 1 N–H and O–H groups in total. The summed E-state index contributed by atoms with van der Waals surface area (Å²) in [5.74, 6) is 0. The summed E-state index contributed by atoms with van der Waals surface area (Å²) in [5.41, 5.74) is 2.43. The van der Waals surface area contributed by atoms with Crippen LogP contribution in [0.2, 0.25) is 5.02 Å². The molecule has 0 aliphatic carbocycles. The Labute approximate surface area is 124 Å². The van der Waals surface area contributed by atoms with Crippen LogP contribution in [0.4, 0.5) is 5.69 Å². The highest BCUT2D eigenvalue weighted by molar-refractivity contribution is 6.30. The van der Waals surface area contributed by atoms with Gasteiger partial charge >= 0.3 is 0 Å². The standard InChI is InChI=1S/C15H19ClN4/c1-12-9-19(10-14-8-17-11-18-14)6-7-20(12)15-4-2-13(16)3-5-15/h2-5,8,11-12H,6-7,9-10H2,1H3,(H,17,18). The number of aromatic amines is 1. The number of hydrogen-bond acceptors (Lipinski definition) is 3. The minimum atomic E-state index is 0.493. The van der Waals surface area contributed by atoms with Gasteiger partial charge in [0.15, 0.2) is 0 Å². The predicted molar refractivity (Wildman–Crippen MR) is 82.1 cm³/mol. The Hall–Kier alpha value is -1.52. The van der Waals surface area contributed by atoms with E-state index in [0.717, 1.165) is 31.2 Å². The second-order valence-corrected chi connectivity index (χ2v) is 5.77. The molecule has 1 aliphatic heterocycles. The number of nitrogens with one attached hydrogen (secondary N) is 1. The summed E-state index contributed by atoms with van der Waals surface area (Å²) in [5, 5.41) is 0.791. The first-order valence-electron chi connectivity index (χ1n) is 6.94. The third-order valence-corrected chi connectivity index (χ3v) is 4.07. The summed E-state index contributed by atoms with van der Waals surface area (Å²) in [6.45, 7) is 6.37. The molecule has 2 heterocycles. The highest BCUT2D eigenvalue weighted by Crippen LogP contribution is 2.23. The topological polar surface area (TPSA) is 35.2 Å². The van der Waals surface area contributed by atoms with Gasteiger partial charge in [-0.2, -0.15) is 0 Å². The van der Waals surface area contributed by atoms with E-state index in [4.69, 9.17) is 11.6 Å². The Morgan fingerprint density at radius 2 is 2.10 bits per heavy atom. The molecule has 1 atom stereocenters. The van der Waals surface area contributed by atoms with Gasteiger partial charge in [-0.05, 0) is 31.2 Å². The van der Waals surface area contributed by atoms with E-state index in [2.05, 4.69) is 38.8 Å². The van der Waals surface area contributed by atoms with Gasteiger partial charge in [0.1, 0.15) is 0 Å². The molecule has 3 rings (SSSR count). The van der Waals surface area contributed by atoms with Crippen LogP contribution in [0.5, 0.6) is 0 Å². The van der Waals surface area contributed by atoms with Crippen LogP contribution < -0.4 is 4.90 Å². The number of benzene rings is 1. The molecule has 2 aromatic rings. The van der Waals surface area contributed by atoms with Crippen LogP contribution in [0.3, 0.4) is 0 Å². The van der Waals surface area contributed by atoms with Crippen LogP contribution in [-0.4, -0.2) is 40.5 Å². The number of H-pyrrole nitrogens is 1. The summed E-state index contributed by atoms with van der Waals surface area (Å²) < 4.78 is 0. The van der Waals surface area contributed by atoms with Gasteiger partial charge in [0, 0.05) is 54.8 Å². The average Bonchev–Trinajstić information content (AvgIpc) is 2.93. The zero-order chi connectivity index (χ0) is 13.9. The van der Waals surface area contributed by atoms with Crippen molar-refractivity contribution >= 4 is 17.3 Å². The van der Waals surface area contributed by atoms with Gasteiger partial charge in [-0.25, -0.2) is 4.98 Å². The van der Waals surface area contributed by atoms with Gasteiger partial charge in [0.2, 0.25) is 0 Å². The van der Waals surface area contributed by atoms with Gasteiger partial charge < -0.3 is 9.88 Å². The molecule has 1 aliphatic rings. The zero-order valence-electron chi connectivity index (χ0n) is 11.6. The smallest absolute Gasteiger partial charge is 0.0922 e. The van der Waals surface area contributed by atoms with Crippen molar-refractivity contribution in [2.45, 2.75) is 19.5 Å². The molecule has 0 saturated carbocycles. The highest BCUT2D eigenvalue weighted by atomic mass is 35.5. The van der Waals surface area contributed by atoms with Crippen molar-refractivity contribution in [3.05, 3.63) is 47.5 Å². The van der Waals surface area contributed by atoms with Gasteiger partial charge in [0.05, 0.1) is 6.33 Å². The van der Waals surface area contributed by atoms with Crippen LogP contribution in [0, 0.1) is 0 Å². The molecule has 1 aromatic carbocycles. The molecule has 1 aromatic heterocycles. The molecule has 1 fully saturated rings. The largest absolute Gasteiger partial charge is 0.366 e. The first-order chi connectivity index (χ1) is 9.72. The highest BCUT2D eigenvalue weighted by Gasteiger charge is 2.23. The Morgan fingerprint density at radius 1 is 1.30 bits per heavy atom. The Bertz CT molecular complexity index is 538. The van der Waals surface area contributed by atoms with Crippen molar-refractivity contribution in [1.29, 1.82) is 0 Å². The minimum Gasteiger partial charge on any atom is -0.366 e. The number of hydrogen-bond donors (Lipinski definition) is 1. The fourth-order valence-corrected chi connectivity index (χ4v) is 2.93. The minimum absolute atomic E-state index is 0.493. The van der Waals surface area contributed by atoms with E-state index >= 15 is 0 Å². The molecule has 20 heavy (non-hydrogen) atoms. The predicted octanol–water partition coefficient (Wildman–Crippen LogP) is 2.77. The van der Waals surface area contributed by atoms with Crippen molar-refractivity contribution in [1.82, 2.24) is 14.9 Å². The third kappa shape index (κ3) is 2.97. The number of piperazine rings is 1. The number of aromatic nitrogens is 2. The first kappa shape index (κ1) is 13.5. The van der Waals surface area contributed by atoms with Crippen molar-refractivity contribution < 1.29 is 0 Å². The van der Waals surface area contributed by atoms with E-state index < -0.39 is 0 Å². The fourth-order valence-electron chi connectivity index (χ4n) is 2.80. The van der Waals surface area contributed by atoms with Crippen molar-refractivity contribution in [3.63, 3.8) is 0 Å². The number of imidazole rings is 1. The normalized spacial score (nSPS) is 20.3. The van der Waals surface area contributed by atoms with E-state index in [-0.39, 0.29) is 0 Å². The van der Waals surface area contributed by atoms with E-state index in [1.165, 1.54) is 11.4 Å². The lowest BCUT2D eigenvalue weighted by atomic mass is 10.1. The summed E-state index contributed by atoms with van der Waals surface area (Å²) >= 11 is 5.95. The SMILES string of the molecule is CC1CN(Cc2cnc[nH]2)CCN1c1ccc(Cl)cc1. The second-order valence-electron chi connectivity index (χ2n) is 5.33. The molecule has 0 radical (unpaired) electrons. The van der Waals surface area contributed by atoms with Gasteiger partial charge in [-0.15, -0.1) is 0 Å². The summed E-state index contributed by atoms with van der Waals surface area (Å²) in [6, 6.07) is 8.61. The Balaban J connectivity index is 1.63. The molecule has 5 heteroatoms. The van der Waals surface area contributed by atoms with E-state index in [9.17, 15) is 0 Å². The molecule has 4 nitrogen and oxygen atoms in total. The Morgan fingerprint density at radius 3 is 2.75 bits per heavy atom. The summed E-state index contributed by atoms with van der Waals surface area (Å²) in [6.07, 6.45) is 3.64. The molecule has 0 amide bonds. The number of anilines is 1. The van der Waals surface area contributed by atoms with Crippen LogP contribution in [0.15, 0.2) is 36.8 Å². The van der Waals surface area contributed by atoms with Crippen molar-refractivity contribution in [3.8, 4) is 0 Å². The van der Waals surface area contributed by atoms with Crippen molar-refractivity contribution in [2.24, 2.45) is 0 Å². The molecule has 1 unspecified atom stereocenters. The lowest BCUT2D eigenvalue weighted by molar-refractivity contribution is 0.219. The van der Waals surface area contributed by atoms with Crippen LogP contribution in [-0.2, 0) is 6.54 Å². The van der Waals surface area contributed by atoms with E-state index in [1.54, 1.807) is 6.33 Å². The molecular weight excluding hydrogens is 272 g/mol. The fraction of sp³-hybridized carbons (Fsp3) is 0.400. The number of rotatable bonds is 3. The van der Waals surface area contributed by atoms with E-state index in [0.29, 0.717) is 6.04 Å². The molecule has 1 saturated heterocycles. The average molecular weight is 291 g/mol. The summed E-state index contributed by atoms with van der Waals surface area (Å²) in [4.78, 5) is 12.1. The van der Waals surface area contributed by atoms with Crippen LogP contribution >= 0.6 is 11.6 Å². The number of halogens is 1. The number of nitrogens with zero attached hydrogens (tertiary/aromatic N) is 3. The maximum atomic E-state index is 5.95. The molecule has 106 valence electrons. The van der Waals surface area contributed by atoms with Gasteiger partial charge in [-0.3, -0.25) is 4.90 Å². The van der Waals surface area contributed by atoms with Gasteiger partial charge in [-0.1, -0.05) is 11.6 Å². The summed E-state index contributed by atoms with van der Waals surface area (Å²) in [7, 11) is 0. The lowest BCUT2D eigenvalue weighted by Crippen LogP contribution is -2.51. The van der Waals surface area contributed by atoms with E-state index in [1.807, 2.05) is 18.3 Å². The third-order valence-electron chi connectivity index (χ3n) is 3.82. The zero-order valence-corrected chi connectivity index (χ0v) is 12.3. The second kappa shape index (κ2) is 5.85.